The van der Waals surface area contributed by atoms with Crippen LogP contribution in [0.3, 0.4) is 0 Å². The van der Waals surface area contributed by atoms with Crippen molar-refractivity contribution in [3.8, 4) is 5.69 Å². The van der Waals surface area contributed by atoms with Gasteiger partial charge in [0, 0.05) is 22.4 Å². The molecular formula is C42H33N. The van der Waals surface area contributed by atoms with E-state index in [0.29, 0.717) is 5.92 Å². The number of allylic oxidation sites excluding steroid dienone is 9. The number of nitrogens with zero attached hydrogens (tertiary/aromatic N) is 1. The monoisotopic (exact) mass is 551 g/mol. The summed E-state index contributed by atoms with van der Waals surface area (Å²) in [4.78, 5) is 0. The first-order valence-electron chi connectivity index (χ1n) is 15.8. The molecule has 0 saturated heterocycles. The van der Waals surface area contributed by atoms with Gasteiger partial charge in [-0.1, -0.05) is 97.1 Å². The van der Waals surface area contributed by atoms with Crippen LogP contribution in [0.1, 0.15) is 53.9 Å². The summed E-state index contributed by atoms with van der Waals surface area (Å²) in [5, 5.41) is 8.11. The van der Waals surface area contributed by atoms with E-state index < -0.39 is 0 Å². The van der Waals surface area contributed by atoms with Crippen LogP contribution in [-0.4, -0.2) is 4.57 Å². The lowest BCUT2D eigenvalue weighted by Gasteiger charge is -2.19. The van der Waals surface area contributed by atoms with Gasteiger partial charge in [-0.05, 0) is 118 Å². The van der Waals surface area contributed by atoms with E-state index in [4.69, 9.17) is 0 Å². The number of aromatic nitrogens is 1. The minimum atomic E-state index is 0.425. The third kappa shape index (κ3) is 3.92. The van der Waals surface area contributed by atoms with Gasteiger partial charge in [-0.3, -0.25) is 0 Å². The van der Waals surface area contributed by atoms with E-state index in [2.05, 4.69) is 138 Å². The average molecular weight is 552 g/mol. The molecule has 3 aliphatic rings. The Kier molecular flexibility index (Phi) is 5.66. The van der Waals surface area contributed by atoms with Gasteiger partial charge in [0.2, 0.25) is 0 Å². The summed E-state index contributed by atoms with van der Waals surface area (Å²) >= 11 is 0. The van der Waals surface area contributed by atoms with Crippen LogP contribution in [0.4, 0.5) is 0 Å². The van der Waals surface area contributed by atoms with Gasteiger partial charge in [0.15, 0.2) is 0 Å². The maximum atomic E-state index is 2.50. The van der Waals surface area contributed by atoms with Crippen molar-refractivity contribution >= 4 is 55.0 Å². The molecule has 9 rings (SSSR count). The van der Waals surface area contributed by atoms with E-state index in [9.17, 15) is 0 Å². The summed E-state index contributed by atoms with van der Waals surface area (Å²) in [5.74, 6) is 0.425. The van der Waals surface area contributed by atoms with Crippen molar-refractivity contribution in [3.05, 3.63) is 150 Å². The van der Waals surface area contributed by atoms with Crippen LogP contribution in [0.15, 0.2) is 127 Å². The molecule has 1 heteroatoms. The minimum absolute atomic E-state index is 0.425. The molecule has 6 aromatic rings. The fourth-order valence-electron chi connectivity index (χ4n) is 7.69. The lowest BCUT2D eigenvalue weighted by Crippen LogP contribution is -2.00. The van der Waals surface area contributed by atoms with Crippen molar-refractivity contribution < 1.29 is 0 Å². The molecule has 1 unspecified atom stereocenters. The molecule has 0 N–H and O–H groups in total. The first kappa shape index (κ1) is 24.7. The second-order valence-corrected chi connectivity index (χ2v) is 12.2. The predicted molar refractivity (Wildman–Crippen MR) is 185 cm³/mol. The molecule has 0 saturated carbocycles. The quantitative estimate of drug-likeness (QED) is 0.193. The topological polar surface area (TPSA) is 4.93 Å². The van der Waals surface area contributed by atoms with Gasteiger partial charge in [-0.2, -0.15) is 0 Å². The summed E-state index contributed by atoms with van der Waals surface area (Å²) in [6.45, 7) is 0. The summed E-state index contributed by atoms with van der Waals surface area (Å²) < 4.78 is 2.50. The Morgan fingerprint density at radius 2 is 1.44 bits per heavy atom. The molecule has 1 nitrogen and oxygen atoms in total. The van der Waals surface area contributed by atoms with Crippen LogP contribution in [0, 0.1) is 0 Å². The molecule has 0 aliphatic heterocycles. The van der Waals surface area contributed by atoms with Crippen molar-refractivity contribution in [2.24, 2.45) is 0 Å². The van der Waals surface area contributed by atoms with Gasteiger partial charge in [0.1, 0.15) is 0 Å². The molecule has 0 fully saturated rings. The Balaban J connectivity index is 1.31. The lowest BCUT2D eigenvalue weighted by molar-refractivity contribution is 0.855. The zero-order valence-corrected chi connectivity index (χ0v) is 24.3. The number of fused-ring (bicyclic) bond motifs is 9. The van der Waals surface area contributed by atoms with Gasteiger partial charge in [0.05, 0.1) is 11.0 Å². The number of benzene rings is 5. The smallest absolute Gasteiger partial charge is 0.0541 e. The van der Waals surface area contributed by atoms with Crippen molar-refractivity contribution in [1.82, 2.24) is 4.57 Å². The predicted octanol–water partition coefficient (Wildman–Crippen LogP) is 11.4. The highest BCUT2D eigenvalue weighted by atomic mass is 15.0. The van der Waals surface area contributed by atoms with Crippen LogP contribution in [-0.2, 0) is 6.42 Å². The summed E-state index contributed by atoms with van der Waals surface area (Å²) in [5.41, 5.74) is 10.7. The third-order valence-electron chi connectivity index (χ3n) is 9.79. The summed E-state index contributed by atoms with van der Waals surface area (Å²) in [6, 6.07) is 30.3. The maximum absolute atomic E-state index is 2.50. The molecule has 1 aromatic heterocycles. The second kappa shape index (κ2) is 9.85. The first-order chi connectivity index (χ1) is 21.3. The van der Waals surface area contributed by atoms with Crippen LogP contribution in [0.25, 0.3) is 60.7 Å². The molecule has 43 heavy (non-hydrogen) atoms. The Hall–Kier alpha value is -4.88. The van der Waals surface area contributed by atoms with E-state index in [1.165, 1.54) is 76.9 Å². The van der Waals surface area contributed by atoms with Gasteiger partial charge in [-0.25, -0.2) is 0 Å². The normalized spacial score (nSPS) is 17.8. The van der Waals surface area contributed by atoms with Crippen molar-refractivity contribution in [1.29, 1.82) is 0 Å². The molecule has 0 spiro atoms. The first-order valence-corrected chi connectivity index (χ1v) is 15.8. The molecule has 206 valence electrons. The zero-order valence-electron chi connectivity index (χ0n) is 24.3. The Bertz CT molecular complexity index is 2260. The van der Waals surface area contributed by atoms with Crippen molar-refractivity contribution in [3.63, 3.8) is 0 Å². The standard InChI is InChI=1S/C42H33N/c1-3-11-28(12-4-1)30-19-23-41-39(25-30)40-26-31(29-13-5-2-6-14-29)20-24-42(40)43(41)32-21-22-37-35-17-8-7-15-33(35)34-16-9-10-18-36(34)38(37)27-32/h1,3-5,7-9,11,13-17,19-28H,2,6,10,12,18H2. The van der Waals surface area contributed by atoms with Crippen LogP contribution >= 0.6 is 0 Å². The van der Waals surface area contributed by atoms with E-state index in [0.717, 1.165) is 32.1 Å². The molecular weight excluding hydrogens is 518 g/mol. The van der Waals surface area contributed by atoms with Crippen LogP contribution in [0.2, 0.25) is 0 Å². The molecule has 1 heterocycles. The van der Waals surface area contributed by atoms with E-state index in [1.54, 1.807) is 0 Å². The molecule has 5 aromatic carbocycles. The van der Waals surface area contributed by atoms with Crippen LogP contribution in [0.5, 0.6) is 0 Å². The Morgan fingerprint density at radius 3 is 2.30 bits per heavy atom. The molecule has 0 amide bonds. The molecule has 1 atom stereocenters. The number of rotatable bonds is 3. The second-order valence-electron chi connectivity index (χ2n) is 12.2. The van der Waals surface area contributed by atoms with Crippen molar-refractivity contribution in [2.75, 3.05) is 0 Å². The third-order valence-corrected chi connectivity index (χ3v) is 9.79. The van der Waals surface area contributed by atoms with Gasteiger partial charge in [0.25, 0.3) is 0 Å². The maximum Gasteiger partial charge on any atom is 0.0541 e. The van der Waals surface area contributed by atoms with Crippen LogP contribution < -0.4 is 0 Å². The Morgan fingerprint density at radius 1 is 0.605 bits per heavy atom. The molecule has 0 radical (unpaired) electrons. The molecule has 3 aliphatic carbocycles. The fourth-order valence-corrected chi connectivity index (χ4v) is 7.69. The van der Waals surface area contributed by atoms with E-state index in [-0.39, 0.29) is 0 Å². The van der Waals surface area contributed by atoms with E-state index >= 15 is 0 Å². The Labute approximate surface area is 252 Å². The van der Waals surface area contributed by atoms with Gasteiger partial charge in [-0.15, -0.1) is 0 Å². The average Bonchev–Trinajstić information content (AvgIpc) is 3.42. The van der Waals surface area contributed by atoms with Gasteiger partial charge >= 0.3 is 0 Å². The summed E-state index contributed by atoms with van der Waals surface area (Å²) in [6.07, 6.45) is 26.1. The highest BCUT2D eigenvalue weighted by Gasteiger charge is 2.19. The highest BCUT2D eigenvalue weighted by molar-refractivity contribution is 6.14. The zero-order chi connectivity index (χ0) is 28.3. The summed E-state index contributed by atoms with van der Waals surface area (Å²) in [7, 11) is 0. The highest BCUT2D eigenvalue weighted by Crippen LogP contribution is 2.41. The fraction of sp³-hybridized carbons (Fsp3) is 0.143. The van der Waals surface area contributed by atoms with Gasteiger partial charge < -0.3 is 4.57 Å². The number of hydrogen-bond acceptors (Lipinski definition) is 0. The minimum Gasteiger partial charge on any atom is -0.309 e. The largest absolute Gasteiger partial charge is 0.309 e. The lowest BCUT2D eigenvalue weighted by atomic mass is 9.86. The number of aryl methyl sites for hydroxylation is 1. The number of hydrogen-bond donors (Lipinski definition) is 0. The van der Waals surface area contributed by atoms with E-state index in [1.807, 2.05) is 0 Å². The SMILES string of the molecule is C1=CCC(c2ccc3c(c2)c2cc(C4=CCCC=C4)ccc2n3-c2ccc3c(c2)c2c(c4ccccc43)C=CCC2)C=C1. The van der Waals surface area contributed by atoms with Crippen molar-refractivity contribution in [2.45, 2.75) is 38.0 Å². The molecule has 0 bridgehead atoms.